The second-order valence-electron chi connectivity index (χ2n) is 4.59. The van der Waals surface area contributed by atoms with Crippen LogP contribution in [0, 0.1) is 0 Å². The molecule has 0 bridgehead atoms. The third-order valence-electron chi connectivity index (χ3n) is 2.53. The van der Waals surface area contributed by atoms with Crippen LogP contribution in [0.4, 0.5) is 18.9 Å². The van der Waals surface area contributed by atoms with Gasteiger partial charge in [-0.1, -0.05) is 0 Å². The summed E-state index contributed by atoms with van der Waals surface area (Å²) in [4.78, 5) is 0.143. The molecular weight excluding hydrogens is 263 g/mol. The van der Waals surface area contributed by atoms with Gasteiger partial charge in [-0.25, -0.2) is 0 Å². The van der Waals surface area contributed by atoms with Crippen LogP contribution in [-0.4, -0.2) is 22.3 Å². The molecule has 18 heavy (non-hydrogen) atoms. The Kier molecular flexibility index (Phi) is 4.55. The van der Waals surface area contributed by atoms with Crippen LogP contribution in [0.2, 0.25) is 0 Å². The zero-order valence-corrected chi connectivity index (χ0v) is 11.2. The van der Waals surface area contributed by atoms with Crippen molar-refractivity contribution in [3.63, 3.8) is 0 Å². The summed E-state index contributed by atoms with van der Waals surface area (Å²) in [6, 6.07) is 5.72. The maximum Gasteiger partial charge on any atom is 0.446 e. The van der Waals surface area contributed by atoms with Crippen LogP contribution in [-0.2, 0) is 0 Å². The van der Waals surface area contributed by atoms with Gasteiger partial charge in [-0.05, 0) is 56.8 Å². The molecule has 1 aromatic carbocycles. The normalized spacial score (nSPS) is 14.4. The third kappa shape index (κ3) is 5.18. The van der Waals surface area contributed by atoms with E-state index in [9.17, 15) is 18.3 Å². The summed E-state index contributed by atoms with van der Waals surface area (Å²) in [5.74, 6) is 0. The molecule has 1 atom stereocenters. The van der Waals surface area contributed by atoms with Gasteiger partial charge in [0, 0.05) is 10.6 Å². The summed E-state index contributed by atoms with van der Waals surface area (Å²) in [5.41, 5.74) is -4.49. The molecule has 0 saturated carbocycles. The molecule has 0 aliphatic carbocycles. The van der Waals surface area contributed by atoms with Gasteiger partial charge in [0.1, 0.15) is 0 Å². The van der Waals surface area contributed by atoms with E-state index < -0.39 is 11.1 Å². The molecule has 0 radical (unpaired) electrons. The number of anilines is 1. The van der Waals surface area contributed by atoms with Crippen LogP contribution in [0.1, 0.15) is 20.8 Å². The smallest absolute Gasteiger partial charge is 0.388 e. The zero-order chi connectivity index (χ0) is 14.0. The first-order valence-electron chi connectivity index (χ1n) is 5.42. The first-order valence-corrected chi connectivity index (χ1v) is 6.24. The number of hydrogen-bond donors (Lipinski definition) is 2. The molecule has 0 heterocycles. The van der Waals surface area contributed by atoms with Crippen LogP contribution in [0.15, 0.2) is 29.2 Å². The molecule has 0 fully saturated rings. The Morgan fingerprint density at radius 3 is 2.06 bits per heavy atom. The zero-order valence-electron chi connectivity index (χ0n) is 10.4. The van der Waals surface area contributed by atoms with E-state index in [-0.39, 0.29) is 22.7 Å². The first-order chi connectivity index (χ1) is 8.08. The van der Waals surface area contributed by atoms with E-state index in [1.807, 2.05) is 0 Å². The molecule has 0 aliphatic heterocycles. The molecule has 1 aromatic rings. The topological polar surface area (TPSA) is 32.3 Å². The van der Waals surface area contributed by atoms with Gasteiger partial charge >= 0.3 is 5.51 Å². The molecule has 2 nitrogen and oxygen atoms in total. The lowest BCUT2D eigenvalue weighted by Gasteiger charge is -2.27. The Bertz CT molecular complexity index is 384. The van der Waals surface area contributed by atoms with Gasteiger partial charge in [0.15, 0.2) is 0 Å². The van der Waals surface area contributed by atoms with E-state index in [1.54, 1.807) is 32.9 Å². The van der Waals surface area contributed by atoms with Crippen molar-refractivity contribution in [3.8, 4) is 0 Å². The van der Waals surface area contributed by atoms with Gasteiger partial charge in [-0.15, -0.1) is 0 Å². The number of halogens is 3. The van der Waals surface area contributed by atoms with Gasteiger partial charge in [0.2, 0.25) is 0 Å². The fourth-order valence-corrected chi connectivity index (χ4v) is 1.72. The fraction of sp³-hybridized carbons (Fsp3) is 0.500. The van der Waals surface area contributed by atoms with Crippen molar-refractivity contribution in [2.75, 3.05) is 5.32 Å². The Morgan fingerprint density at radius 1 is 1.17 bits per heavy atom. The van der Waals surface area contributed by atoms with Crippen molar-refractivity contribution in [2.24, 2.45) is 0 Å². The van der Waals surface area contributed by atoms with Gasteiger partial charge < -0.3 is 10.4 Å². The highest BCUT2D eigenvalue weighted by Crippen LogP contribution is 2.37. The highest BCUT2D eigenvalue weighted by molar-refractivity contribution is 8.00. The minimum Gasteiger partial charge on any atom is -0.388 e. The largest absolute Gasteiger partial charge is 0.446 e. The Morgan fingerprint density at radius 2 is 1.67 bits per heavy atom. The summed E-state index contributed by atoms with van der Waals surface area (Å²) >= 11 is -0.143. The van der Waals surface area contributed by atoms with Crippen molar-refractivity contribution in [1.82, 2.24) is 0 Å². The second-order valence-corrected chi connectivity index (χ2v) is 5.73. The Labute approximate surface area is 109 Å². The lowest BCUT2D eigenvalue weighted by atomic mass is 10.0. The van der Waals surface area contributed by atoms with Crippen LogP contribution >= 0.6 is 11.8 Å². The summed E-state index contributed by atoms with van der Waals surface area (Å²) in [6.45, 7) is 5.13. The molecule has 0 saturated heterocycles. The average molecular weight is 279 g/mol. The number of rotatable bonds is 4. The third-order valence-corrected chi connectivity index (χ3v) is 3.27. The van der Waals surface area contributed by atoms with Crippen LogP contribution < -0.4 is 5.32 Å². The van der Waals surface area contributed by atoms with E-state index in [0.29, 0.717) is 5.69 Å². The number of hydrogen-bond acceptors (Lipinski definition) is 3. The van der Waals surface area contributed by atoms with E-state index in [1.165, 1.54) is 12.1 Å². The quantitative estimate of drug-likeness (QED) is 0.821. The highest BCUT2D eigenvalue weighted by atomic mass is 32.2. The van der Waals surface area contributed by atoms with Gasteiger partial charge in [0.25, 0.3) is 0 Å². The van der Waals surface area contributed by atoms with E-state index in [2.05, 4.69) is 5.32 Å². The Hall–Kier alpha value is -0.880. The highest BCUT2D eigenvalue weighted by Gasteiger charge is 2.29. The fourth-order valence-electron chi connectivity index (χ4n) is 1.18. The molecule has 2 N–H and O–H groups in total. The number of thioether (sulfide) groups is 1. The van der Waals surface area contributed by atoms with E-state index in [0.717, 1.165) is 0 Å². The first kappa shape index (κ1) is 15.2. The predicted molar refractivity (Wildman–Crippen MR) is 67.7 cm³/mol. The molecule has 0 amide bonds. The van der Waals surface area contributed by atoms with Crippen LogP contribution in [0.3, 0.4) is 0 Å². The van der Waals surface area contributed by atoms with E-state index >= 15 is 0 Å². The molecule has 0 aromatic heterocycles. The van der Waals surface area contributed by atoms with Crippen molar-refractivity contribution >= 4 is 17.4 Å². The minimum absolute atomic E-state index is 0.143. The van der Waals surface area contributed by atoms with Gasteiger partial charge in [-0.2, -0.15) is 13.2 Å². The SMILES string of the molecule is CC(Nc1ccc(SC(F)(F)F)cc1)C(C)(C)O. The van der Waals surface area contributed by atoms with Crippen LogP contribution in [0.5, 0.6) is 0 Å². The number of aliphatic hydroxyl groups is 1. The van der Waals surface area contributed by atoms with Crippen molar-refractivity contribution in [2.45, 2.75) is 42.8 Å². The maximum absolute atomic E-state index is 12.1. The summed E-state index contributed by atoms with van der Waals surface area (Å²) in [7, 11) is 0. The molecule has 1 unspecified atom stereocenters. The Balaban J connectivity index is 2.66. The van der Waals surface area contributed by atoms with Crippen molar-refractivity contribution < 1.29 is 18.3 Å². The number of benzene rings is 1. The van der Waals surface area contributed by atoms with Crippen molar-refractivity contribution in [3.05, 3.63) is 24.3 Å². The summed E-state index contributed by atoms with van der Waals surface area (Å²) in [6.07, 6.45) is 0. The lowest BCUT2D eigenvalue weighted by molar-refractivity contribution is -0.0328. The summed E-state index contributed by atoms with van der Waals surface area (Å²) < 4.78 is 36.4. The molecule has 0 spiro atoms. The van der Waals surface area contributed by atoms with Gasteiger partial charge in [-0.3, -0.25) is 0 Å². The predicted octanol–water partition coefficient (Wildman–Crippen LogP) is 3.87. The minimum atomic E-state index is -4.27. The number of alkyl halides is 3. The monoisotopic (exact) mass is 279 g/mol. The molecule has 0 aliphatic rings. The second kappa shape index (κ2) is 5.40. The van der Waals surface area contributed by atoms with E-state index in [4.69, 9.17) is 0 Å². The lowest BCUT2D eigenvalue weighted by Crippen LogP contribution is -2.39. The molecule has 1 rings (SSSR count). The molecular formula is C12H16F3NOS. The average Bonchev–Trinajstić information content (AvgIpc) is 2.17. The molecule has 102 valence electrons. The van der Waals surface area contributed by atoms with Gasteiger partial charge in [0.05, 0.1) is 11.6 Å². The van der Waals surface area contributed by atoms with Crippen LogP contribution in [0.25, 0.3) is 0 Å². The standard InChI is InChI=1S/C12H16F3NOS/c1-8(11(2,3)17)16-9-4-6-10(7-5-9)18-12(13,14)15/h4-8,16-17H,1-3H3. The maximum atomic E-state index is 12.1. The number of nitrogens with one attached hydrogen (secondary N) is 1. The summed E-state index contributed by atoms with van der Waals surface area (Å²) in [5, 5.41) is 12.8. The molecule has 6 heteroatoms. The van der Waals surface area contributed by atoms with Crippen molar-refractivity contribution in [1.29, 1.82) is 0 Å².